The highest BCUT2D eigenvalue weighted by molar-refractivity contribution is 6.03. The number of hydrogen-bond donors (Lipinski definition) is 1. The summed E-state index contributed by atoms with van der Waals surface area (Å²) in [5.74, 6) is 0.169. The summed E-state index contributed by atoms with van der Waals surface area (Å²) in [6.45, 7) is 8.04. The first-order valence-corrected chi connectivity index (χ1v) is 11.2. The minimum absolute atomic E-state index is 0.111. The van der Waals surface area contributed by atoms with Crippen LogP contribution in [0.15, 0.2) is 47.1 Å². The monoisotopic (exact) mass is 424 g/mol. The molecular weight excluding hydrogens is 387 g/mol. The Kier molecular flexibility index (Phi) is 12.2. The highest BCUT2D eigenvalue weighted by Crippen LogP contribution is 2.28. The van der Waals surface area contributed by atoms with Crippen molar-refractivity contribution in [3.05, 3.63) is 58.9 Å². The van der Waals surface area contributed by atoms with Crippen molar-refractivity contribution in [2.45, 2.75) is 84.6 Å². The molecule has 0 aromatic heterocycles. The van der Waals surface area contributed by atoms with E-state index in [4.69, 9.17) is 0 Å². The molecule has 0 aliphatic carbocycles. The van der Waals surface area contributed by atoms with Gasteiger partial charge in [0.2, 0.25) is 0 Å². The van der Waals surface area contributed by atoms with Gasteiger partial charge in [-0.05, 0) is 74.8 Å². The van der Waals surface area contributed by atoms with E-state index in [1.54, 1.807) is 6.07 Å². The molecule has 31 heavy (non-hydrogen) atoms. The fraction of sp³-hybridized carbons (Fsp3) is 0.481. The van der Waals surface area contributed by atoms with E-state index in [1.165, 1.54) is 6.07 Å². The summed E-state index contributed by atoms with van der Waals surface area (Å²) in [4.78, 5) is 12.6. The first-order chi connectivity index (χ1) is 15.0. The van der Waals surface area contributed by atoms with Crippen LogP contribution in [0.2, 0.25) is 0 Å². The molecule has 0 radical (unpaired) electrons. The second-order valence-corrected chi connectivity index (χ2v) is 8.02. The molecule has 0 saturated heterocycles. The fourth-order valence-corrected chi connectivity index (χ4v) is 4.04. The third-order valence-electron chi connectivity index (χ3n) is 5.47. The van der Waals surface area contributed by atoms with Crippen LogP contribution < -0.4 is 5.43 Å². The lowest BCUT2D eigenvalue weighted by molar-refractivity contribution is -0.119. The van der Waals surface area contributed by atoms with E-state index >= 15 is 0 Å². The molecule has 1 aliphatic heterocycles. The van der Waals surface area contributed by atoms with Gasteiger partial charge in [-0.15, -0.1) is 12.8 Å². The van der Waals surface area contributed by atoms with Crippen molar-refractivity contribution in [2.24, 2.45) is 5.10 Å². The van der Waals surface area contributed by atoms with Crippen LogP contribution in [0.4, 0.5) is 4.39 Å². The van der Waals surface area contributed by atoms with Gasteiger partial charge in [0.05, 0.1) is 5.71 Å². The number of carbonyl (C=O) groups is 1. The van der Waals surface area contributed by atoms with Crippen molar-refractivity contribution in [1.29, 1.82) is 0 Å². The molecule has 1 N–H and O–H groups in total. The zero-order valence-electron chi connectivity index (χ0n) is 19.5. The second kappa shape index (κ2) is 14.4. The first kappa shape index (κ1) is 26.4. The number of ketones is 1. The maximum absolute atomic E-state index is 13.8. The number of terminal acetylenes is 1. The topological polar surface area (TPSA) is 41.5 Å². The zero-order valence-corrected chi connectivity index (χ0v) is 19.5. The number of halogens is 1. The minimum atomic E-state index is -0.213. The lowest BCUT2D eigenvalue weighted by atomic mass is 9.87. The van der Waals surface area contributed by atoms with Crippen molar-refractivity contribution in [2.75, 3.05) is 0 Å². The van der Waals surface area contributed by atoms with Crippen molar-refractivity contribution >= 4 is 11.5 Å². The molecule has 1 aliphatic rings. The summed E-state index contributed by atoms with van der Waals surface area (Å²) < 4.78 is 13.8. The van der Waals surface area contributed by atoms with E-state index in [9.17, 15) is 9.18 Å². The van der Waals surface area contributed by atoms with Crippen LogP contribution in [0.25, 0.3) is 0 Å². The van der Waals surface area contributed by atoms with Gasteiger partial charge < -0.3 is 5.43 Å². The van der Waals surface area contributed by atoms with Crippen LogP contribution in [0.5, 0.6) is 0 Å². The number of nitrogens with zero attached hydrogens (tertiary/aromatic N) is 1. The standard InChI is InChI=1S/C25H35FN2O.C2H2/c1-5-9-19(7-3)25-17-23(27-28-25)11-8-12-24(29)16-20(10-6-2)21-13-18(4)14-22(26)15-21;1-2/h5,7,9,13-15,20,23,27H,6,8,10-12,16-17H2,1-4H3;1-2H/b9-5-,19-7+;. The highest BCUT2D eigenvalue weighted by Gasteiger charge is 2.21. The summed E-state index contributed by atoms with van der Waals surface area (Å²) in [6, 6.07) is 5.44. The van der Waals surface area contributed by atoms with Crippen molar-refractivity contribution in [3.8, 4) is 12.8 Å². The van der Waals surface area contributed by atoms with Crippen molar-refractivity contribution in [3.63, 3.8) is 0 Å². The lowest BCUT2D eigenvalue weighted by Gasteiger charge is -2.17. The Bertz CT molecular complexity index is 800. The van der Waals surface area contributed by atoms with Crippen LogP contribution in [0.1, 0.15) is 82.8 Å². The van der Waals surface area contributed by atoms with E-state index in [-0.39, 0.29) is 17.5 Å². The summed E-state index contributed by atoms with van der Waals surface area (Å²) in [6.07, 6.45) is 19.8. The summed E-state index contributed by atoms with van der Waals surface area (Å²) in [5.41, 5.74) is 7.33. The molecule has 2 atom stereocenters. The van der Waals surface area contributed by atoms with Gasteiger partial charge in [0.1, 0.15) is 11.6 Å². The van der Waals surface area contributed by atoms with E-state index in [0.717, 1.165) is 54.5 Å². The predicted octanol–water partition coefficient (Wildman–Crippen LogP) is 6.64. The van der Waals surface area contributed by atoms with Crippen molar-refractivity contribution < 1.29 is 9.18 Å². The predicted molar refractivity (Wildman–Crippen MR) is 130 cm³/mol. The second-order valence-electron chi connectivity index (χ2n) is 8.02. The number of carbonyl (C=O) groups excluding carboxylic acids is 1. The van der Waals surface area contributed by atoms with Gasteiger partial charge in [-0.25, -0.2) is 4.39 Å². The maximum atomic E-state index is 13.8. The van der Waals surface area contributed by atoms with Crippen LogP contribution in [-0.2, 0) is 4.79 Å². The molecule has 1 heterocycles. The number of allylic oxidation sites excluding steroid dienone is 4. The molecule has 1 aromatic carbocycles. The number of aryl methyl sites for hydroxylation is 1. The van der Waals surface area contributed by atoms with Crippen molar-refractivity contribution in [1.82, 2.24) is 5.43 Å². The van der Waals surface area contributed by atoms with Gasteiger partial charge in [0.15, 0.2) is 0 Å². The maximum Gasteiger partial charge on any atom is 0.133 e. The number of rotatable bonds is 11. The average Bonchev–Trinajstić information content (AvgIpc) is 3.21. The molecule has 0 saturated carbocycles. The molecule has 3 nitrogen and oxygen atoms in total. The quantitative estimate of drug-likeness (QED) is 0.320. The van der Waals surface area contributed by atoms with Crippen LogP contribution in [0.3, 0.4) is 0 Å². The number of nitrogens with one attached hydrogen (secondary N) is 1. The van der Waals surface area contributed by atoms with E-state index < -0.39 is 0 Å². The Morgan fingerprint density at radius 3 is 2.68 bits per heavy atom. The van der Waals surface area contributed by atoms with Gasteiger partial charge in [-0.3, -0.25) is 4.79 Å². The Morgan fingerprint density at radius 1 is 1.32 bits per heavy atom. The van der Waals surface area contributed by atoms with Crippen LogP contribution in [0, 0.1) is 25.6 Å². The molecule has 0 spiro atoms. The van der Waals surface area contributed by atoms with Gasteiger partial charge in [0, 0.05) is 25.3 Å². The fourth-order valence-electron chi connectivity index (χ4n) is 4.04. The smallest absolute Gasteiger partial charge is 0.133 e. The summed E-state index contributed by atoms with van der Waals surface area (Å²) in [5, 5.41) is 4.46. The first-order valence-electron chi connectivity index (χ1n) is 11.2. The minimum Gasteiger partial charge on any atom is -0.306 e. The molecule has 0 bridgehead atoms. The zero-order chi connectivity index (χ0) is 23.2. The summed E-state index contributed by atoms with van der Waals surface area (Å²) in [7, 11) is 0. The number of Topliss-reactive ketones (excluding diaryl/α,β-unsaturated/α-hetero) is 1. The SMILES string of the molecule is C#C.C/C=C\C(=C/C)C1=NNC(CCCC(=O)CC(CCC)c2cc(C)cc(F)c2)C1. The van der Waals surface area contributed by atoms with E-state index in [0.29, 0.717) is 18.9 Å². The van der Waals surface area contributed by atoms with Gasteiger partial charge in [-0.1, -0.05) is 37.6 Å². The Labute approximate surface area is 187 Å². The van der Waals surface area contributed by atoms with Crippen LogP contribution >= 0.6 is 0 Å². The van der Waals surface area contributed by atoms with Gasteiger partial charge >= 0.3 is 0 Å². The molecule has 2 rings (SSSR count). The van der Waals surface area contributed by atoms with Gasteiger partial charge in [0.25, 0.3) is 0 Å². The number of hydrazone groups is 1. The lowest BCUT2D eigenvalue weighted by Crippen LogP contribution is -2.19. The molecule has 0 fully saturated rings. The largest absolute Gasteiger partial charge is 0.306 e. The van der Waals surface area contributed by atoms with E-state index in [2.05, 4.69) is 42.4 Å². The third kappa shape index (κ3) is 8.92. The van der Waals surface area contributed by atoms with E-state index in [1.807, 2.05) is 32.9 Å². The highest BCUT2D eigenvalue weighted by atomic mass is 19.1. The Hall–Kier alpha value is -2.67. The molecule has 4 heteroatoms. The molecular formula is C27H37FN2O. The van der Waals surface area contributed by atoms with Gasteiger partial charge in [-0.2, -0.15) is 5.10 Å². The molecule has 168 valence electrons. The summed E-state index contributed by atoms with van der Waals surface area (Å²) >= 11 is 0. The molecule has 2 unspecified atom stereocenters. The third-order valence-corrected chi connectivity index (χ3v) is 5.47. The Morgan fingerprint density at radius 2 is 2.06 bits per heavy atom. The average molecular weight is 425 g/mol. The normalized spacial score (nSPS) is 16.9. The van der Waals surface area contributed by atoms with Crippen LogP contribution in [-0.4, -0.2) is 17.5 Å². The molecule has 1 aromatic rings. The Balaban J connectivity index is 0.00000233. The molecule has 0 amide bonds. The number of benzene rings is 1. The number of hydrogen-bond acceptors (Lipinski definition) is 3.